The molecule has 2 nitrogen and oxygen atoms in total. The standard InChI is InChI=1S/C18H25NO/c1-5-14-6-7-16(15(12-14)17(2,3)4)20-13-18(8-9-18)10-11-19/h6-7,12H,5,8-10,13H2,1-4H3. The Labute approximate surface area is 122 Å². The number of benzene rings is 1. The molecule has 0 aliphatic heterocycles. The molecular weight excluding hydrogens is 246 g/mol. The van der Waals surface area contributed by atoms with Gasteiger partial charge in [0.05, 0.1) is 12.7 Å². The topological polar surface area (TPSA) is 33.0 Å². The number of nitrogens with zero attached hydrogens (tertiary/aromatic N) is 1. The van der Waals surface area contributed by atoms with Gasteiger partial charge in [-0.1, -0.05) is 39.8 Å². The van der Waals surface area contributed by atoms with Crippen LogP contribution in [0.4, 0.5) is 0 Å². The van der Waals surface area contributed by atoms with E-state index in [4.69, 9.17) is 10.00 Å². The third kappa shape index (κ3) is 3.33. The molecule has 0 radical (unpaired) electrons. The van der Waals surface area contributed by atoms with E-state index in [1.54, 1.807) is 0 Å². The predicted octanol–water partition coefficient (Wildman–Crippen LogP) is 4.62. The Morgan fingerprint density at radius 1 is 1.30 bits per heavy atom. The highest BCUT2D eigenvalue weighted by Gasteiger charge is 2.43. The van der Waals surface area contributed by atoms with Crippen LogP contribution < -0.4 is 4.74 Å². The third-order valence-corrected chi connectivity index (χ3v) is 4.21. The van der Waals surface area contributed by atoms with Crippen LogP contribution in [0.1, 0.15) is 58.1 Å². The van der Waals surface area contributed by atoms with Crippen LogP contribution in [0.3, 0.4) is 0 Å². The van der Waals surface area contributed by atoms with Crippen molar-refractivity contribution in [2.45, 2.75) is 58.8 Å². The fraction of sp³-hybridized carbons (Fsp3) is 0.611. The van der Waals surface area contributed by atoms with Crippen molar-refractivity contribution in [3.8, 4) is 11.8 Å². The van der Waals surface area contributed by atoms with Gasteiger partial charge in [-0.25, -0.2) is 0 Å². The Morgan fingerprint density at radius 2 is 2.00 bits per heavy atom. The molecule has 0 atom stereocenters. The average Bonchev–Trinajstić information content (AvgIpc) is 3.16. The molecule has 0 unspecified atom stereocenters. The van der Waals surface area contributed by atoms with Gasteiger partial charge in [-0.15, -0.1) is 0 Å². The van der Waals surface area contributed by atoms with Crippen LogP contribution in [0, 0.1) is 16.7 Å². The summed E-state index contributed by atoms with van der Waals surface area (Å²) in [4.78, 5) is 0. The van der Waals surface area contributed by atoms with Gasteiger partial charge in [-0.2, -0.15) is 5.26 Å². The SMILES string of the molecule is CCc1ccc(OCC2(CC#N)CC2)c(C(C)(C)C)c1. The fourth-order valence-corrected chi connectivity index (χ4v) is 2.46. The van der Waals surface area contributed by atoms with Crippen LogP contribution >= 0.6 is 0 Å². The molecule has 1 aromatic rings. The van der Waals surface area contributed by atoms with Gasteiger partial charge < -0.3 is 4.74 Å². The monoisotopic (exact) mass is 271 g/mol. The molecule has 0 heterocycles. The lowest BCUT2D eigenvalue weighted by molar-refractivity contribution is 0.232. The first-order chi connectivity index (χ1) is 9.40. The van der Waals surface area contributed by atoms with Crippen molar-refractivity contribution in [2.24, 2.45) is 5.41 Å². The summed E-state index contributed by atoms with van der Waals surface area (Å²) in [5.74, 6) is 0.985. The Balaban J connectivity index is 2.17. The van der Waals surface area contributed by atoms with Crippen LogP contribution in [0.15, 0.2) is 18.2 Å². The zero-order valence-electron chi connectivity index (χ0n) is 13.1. The summed E-state index contributed by atoms with van der Waals surface area (Å²) in [6, 6.07) is 8.80. The number of hydrogen-bond acceptors (Lipinski definition) is 2. The van der Waals surface area contributed by atoms with E-state index in [1.165, 1.54) is 11.1 Å². The zero-order chi connectivity index (χ0) is 14.8. The molecule has 1 fully saturated rings. The van der Waals surface area contributed by atoms with Gasteiger partial charge in [0.1, 0.15) is 5.75 Å². The second-order valence-electron chi connectivity index (χ2n) is 7.06. The maximum atomic E-state index is 8.89. The lowest BCUT2D eigenvalue weighted by Crippen LogP contribution is -2.17. The maximum Gasteiger partial charge on any atom is 0.123 e. The van der Waals surface area contributed by atoms with Crippen molar-refractivity contribution >= 4 is 0 Å². The van der Waals surface area contributed by atoms with Crippen molar-refractivity contribution in [1.29, 1.82) is 5.26 Å². The zero-order valence-corrected chi connectivity index (χ0v) is 13.1. The number of ether oxygens (including phenoxy) is 1. The normalized spacial score (nSPS) is 16.6. The van der Waals surface area contributed by atoms with Gasteiger partial charge >= 0.3 is 0 Å². The third-order valence-electron chi connectivity index (χ3n) is 4.21. The van der Waals surface area contributed by atoms with Crippen LogP contribution in [0.2, 0.25) is 0 Å². The second-order valence-corrected chi connectivity index (χ2v) is 7.06. The highest BCUT2D eigenvalue weighted by molar-refractivity contribution is 5.41. The van der Waals surface area contributed by atoms with E-state index < -0.39 is 0 Å². The minimum Gasteiger partial charge on any atom is -0.493 e. The Bertz CT molecular complexity index is 515. The minimum atomic E-state index is 0.0758. The quantitative estimate of drug-likeness (QED) is 0.783. The number of rotatable bonds is 5. The summed E-state index contributed by atoms with van der Waals surface area (Å²) in [6.07, 6.45) is 3.91. The molecule has 1 aromatic carbocycles. The minimum absolute atomic E-state index is 0.0758. The molecule has 0 aromatic heterocycles. The van der Waals surface area contributed by atoms with Crippen LogP contribution in [-0.2, 0) is 11.8 Å². The summed E-state index contributed by atoms with van der Waals surface area (Å²) in [5.41, 5.74) is 2.82. The van der Waals surface area contributed by atoms with Crippen LogP contribution in [-0.4, -0.2) is 6.61 Å². The van der Waals surface area contributed by atoms with Gasteiger partial charge in [0.25, 0.3) is 0 Å². The second kappa shape index (κ2) is 5.48. The fourth-order valence-electron chi connectivity index (χ4n) is 2.46. The van der Waals surface area contributed by atoms with Gasteiger partial charge in [-0.3, -0.25) is 0 Å². The van der Waals surface area contributed by atoms with Crippen molar-refractivity contribution in [3.63, 3.8) is 0 Å². The molecule has 108 valence electrons. The molecule has 1 aliphatic carbocycles. The predicted molar refractivity (Wildman–Crippen MR) is 81.9 cm³/mol. The van der Waals surface area contributed by atoms with Crippen LogP contribution in [0.25, 0.3) is 0 Å². The summed E-state index contributed by atoms with van der Waals surface area (Å²) >= 11 is 0. The van der Waals surface area contributed by atoms with E-state index in [2.05, 4.69) is 52.0 Å². The average molecular weight is 271 g/mol. The van der Waals surface area contributed by atoms with Gasteiger partial charge in [0, 0.05) is 11.8 Å². The van der Waals surface area contributed by atoms with E-state index in [0.29, 0.717) is 13.0 Å². The molecule has 0 saturated heterocycles. The van der Waals surface area contributed by atoms with Gasteiger partial charge in [0.15, 0.2) is 0 Å². The molecular formula is C18H25NO. The van der Waals surface area contributed by atoms with E-state index in [1.807, 2.05) is 0 Å². The first-order valence-corrected chi connectivity index (χ1v) is 7.53. The van der Waals surface area contributed by atoms with Crippen LogP contribution in [0.5, 0.6) is 5.75 Å². The molecule has 0 bridgehead atoms. The van der Waals surface area contributed by atoms with Gasteiger partial charge in [0.2, 0.25) is 0 Å². The maximum absolute atomic E-state index is 8.89. The van der Waals surface area contributed by atoms with Crippen molar-refractivity contribution in [3.05, 3.63) is 29.3 Å². The summed E-state index contributed by atoms with van der Waals surface area (Å²) < 4.78 is 6.09. The molecule has 1 saturated carbocycles. The molecule has 20 heavy (non-hydrogen) atoms. The smallest absolute Gasteiger partial charge is 0.123 e. The number of aryl methyl sites for hydroxylation is 1. The van der Waals surface area contributed by atoms with Crippen molar-refractivity contribution in [2.75, 3.05) is 6.61 Å². The largest absolute Gasteiger partial charge is 0.493 e. The summed E-state index contributed by atoms with van der Waals surface area (Å²) in [5, 5.41) is 8.89. The Kier molecular flexibility index (Phi) is 4.09. The molecule has 1 aliphatic rings. The first kappa shape index (κ1) is 14.9. The highest BCUT2D eigenvalue weighted by atomic mass is 16.5. The number of nitriles is 1. The lowest BCUT2D eigenvalue weighted by Gasteiger charge is -2.25. The summed E-state index contributed by atoms with van der Waals surface area (Å²) in [6.45, 7) is 9.51. The van der Waals surface area contributed by atoms with E-state index in [-0.39, 0.29) is 10.8 Å². The Morgan fingerprint density at radius 3 is 2.50 bits per heavy atom. The summed E-state index contributed by atoms with van der Waals surface area (Å²) in [7, 11) is 0. The molecule has 0 N–H and O–H groups in total. The number of hydrogen-bond donors (Lipinski definition) is 0. The Hall–Kier alpha value is -1.49. The lowest BCUT2D eigenvalue weighted by atomic mass is 9.85. The van der Waals surface area contributed by atoms with E-state index in [9.17, 15) is 0 Å². The van der Waals surface area contributed by atoms with Gasteiger partial charge in [-0.05, 0) is 41.9 Å². The molecule has 2 rings (SSSR count). The molecule has 0 spiro atoms. The molecule has 0 amide bonds. The van der Waals surface area contributed by atoms with E-state index in [0.717, 1.165) is 25.0 Å². The van der Waals surface area contributed by atoms with Crippen molar-refractivity contribution < 1.29 is 4.74 Å². The van der Waals surface area contributed by atoms with E-state index >= 15 is 0 Å². The molecule has 2 heteroatoms. The van der Waals surface area contributed by atoms with Crippen molar-refractivity contribution in [1.82, 2.24) is 0 Å². The first-order valence-electron chi connectivity index (χ1n) is 7.53. The highest BCUT2D eigenvalue weighted by Crippen LogP contribution is 2.49.